The molecule has 0 aliphatic rings. The summed E-state index contributed by atoms with van der Waals surface area (Å²) in [5.74, 6) is 5.51. The van der Waals surface area contributed by atoms with E-state index in [1.807, 2.05) is 0 Å². The van der Waals surface area contributed by atoms with E-state index >= 15 is 0 Å². The largest absolute Gasteiger partial charge is 0.304 e. The Morgan fingerprint density at radius 1 is 1.44 bits per heavy atom. The summed E-state index contributed by atoms with van der Waals surface area (Å²) in [5, 5.41) is 1.20. The first kappa shape index (κ1) is 11.5. The van der Waals surface area contributed by atoms with E-state index in [1.165, 1.54) is 15.3 Å². The maximum absolute atomic E-state index is 5.02. The molecule has 0 saturated heterocycles. The molecule has 86 valence electrons. The van der Waals surface area contributed by atoms with E-state index in [0.29, 0.717) is 12.5 Å². The monoisotopic (exact) mass is 236 g/mol. The number of fused-ring (bicyclic) bond motifs is 1. The molecule has 0 aliphatic carbocycles. The van der Waals surface area contributed by atoms with Gasteiger partial charge in [-0.15, -0.1) is 11.3 Å². The lowest BCUT2D eigenvalue weighted by Crippen LogP contribution is -2.03. The van der Waals surface area contributed by atoms with Crippen molar-refractivity contribution in [2.45, 2.75) is 26.2 Å². The van der Waals surface area contributed by atoms with Crippen LogP contribution in [0.4, 0.5) is 0 Å². The van der Waals surface area contributed by atoms with E-state index in [1.54, 1.807) is 11.3 Å². The molecule has 0 unspecified atom stereocenters. The molecule has 4 heteroatoms. The summed E-state index contributed by atoms with van der Waals surface area (Å²) in [4.78, 5) is 9.21. The summed E-state index contributed by atoms with van der Waals surface area (Å²) >= 11 is 1.77. The fraction of sp³-hybridized carbons (Fsp3) is 0.417. The first-order chi connectivity index (χ1) is 7.70. The normalized spacial score (nSPS) is 11.5. The van der Waals surface area contributed by atoms with Crippen LogP contribution in [0.3, 0.4) is 0 Å². The van der Waals surface area contributed by atoms with Crippen LogP contribution in [0.5, 0.6) is 0 Å². The predicted molar refractivity (Wildman–Crippen MR) is 67.6 cm³/mol. The maximum Gasteiger partial charge on any atom is 0.0963 e. The summed E-state index contributed by atoms with van der Waals surface area (Å²) in [6.07, 6.45) is 0.834. The number of nitrogens with two attached hydrogens (primary N) is 1. The van der Waals surface area contributed by atoms with Gasteiger partial charge in [-0.25, -0.2) is 10.9 Å². The molecule has 2 aromatic rings. The van der Waals surface area contributed by atoms with Gasteiger partial charge in [-0.2, -0.15) is 0 Å². The molecule has 0 aliphatic heterocycles. The van der Waals surface area contributed by atoms with Crippen LogP contribution in [-0.4, -0.2) is 11.6 Å². The van der Waals surface area contributed by atoms with Gasteiger partial charge in [0.1, 0.15) is 0 Å². The topological polar surface area (TPSA) is 48.1 Å². The Bertz CT molecular complexity index is 479. The van der Waals surface area contributed by atoms with E-state index in [2.05, 4.69) is 41.9 Å². The van der Waals surface area contributed by atoms with Crippen molar-refractivity contribution in [2.75, 3.05) is 6.61 Å². The zero-order valence-corrected chi connectivity index (χ0v) is 10.4. The summed E-state index contributed by atoms with van der Waals surface area (Å²) in [6.45, 7) is 4.88. The molecule has 2 N–H and O–H groups in total. The summed E-state index contributed by atoms with van der Waals surface area (Å²) in [5.41, 5.74) is 2.31. The molecular weight excluding hydrogens is 220 g/mol. The van der Waals surface area contributed by atoms with Crippen molar-refractivity contribution in [1.82, 2.24) is 4.98 Å². The van der Waals surface area contributed by atoms with Gasteiger partial charge in [-0.1, -0.05) is 19.9 Å². The number of aromatic nitrogens is 1. The van der Waals surface area contributed by atoms with Gasteiger partial charge in [0.05, 0.1) is 21.8 Å². The van der Waals surface area contributed by atoms with E-state index in [9.17, 15) is 0 Å². The average molecular weight is 236 g/mol. The highest BCUT2D eigenvalue weighted by molar-refractivity contribution is 7.18. The van der Waals surface area contributed by atoms with E-state index in [0.717, 1.165) is 11.9 Å². The molecule has 1 heterocycles. The Hall–Kier alpha value is -0.970. The van der Waals surface area contributed by atoms with Crippen molar-refractivity contribution in [3.63, 3.8) is 0 Å². The zero-order chi connectivity index (χ0) is 11.5. The van der Waals surface area contributed by atoms with Crippen molar-refractivity contribution in [2.24, 2.45) is 5.90 Å². The molecule has 0 atom stereocenters. The lowest BCUT2D eigenvalue weighted by molar-refractivity contribution is 0.141. The third-order valence-corrected chi connectivity index (χ3v) is 3.81. The number of hydrogen-bond acceptors (Lipinski definition) is 4. The average Bonchev–Trinajstić information content (AvgIpc) is 2.69. The van der Waals surface area contributed by atoms with Crippen molar-refractivity contribution in [3.05, 3.63) is 28.8 Å². The standard InChI is InChI=1S/C12H16N2OS/c1-8(2)12-14-10-7-9(5-6-15-13)3-4-11(10)16-12/h3-4,7-8H,5-6,13H2,1-2H3. The number of hydrogen-bond donors (Lipinski definition) is 1. The smallest absolute Gasteiger partial charge is 0.0963 e. The molecule has 0 radical (unpaired) electrons. The van der Waals surface area contributed by atoms with Crippen LogP contribution in [0.1, 0.15) is 30.3 Å². The van der Waals surface area contributed by atoms with E-state index in [4.69, 9.17) is 5.90 Å². The molecule has 16 heavy (non-hydrogen) atoms. The van der Waals surface area contributed by atoms with Gasteiger partial charge in [0.25, 0.3) is 0 Å². The van der Waals surface area contributed by atoms with Crippen molar-refractivity contribution in [3.8, 4) is 0 Å². The highest BCUT2D eigenvalue weighted by Gasteiger charge is 2.07. The number of benzene rings is 1. The highest BCUT2D eigenvalue weighted by Crippen LogP contribution is 2.27. The van der Waals surface area contributed by atoms with Crippen molar-refractivity contribution in [1.29, 1.82) is 0 Å². The number of thiazole rings is 1. The van der Waals surface area contributed by atoms with Crippen LogP contribution in [0, 0.1) is 0 Å². The molecule has 0 spiro atoms. The first-order valence-electron chi connectivity index (χ1n) is 5.41. The molecule has 1 aromatic heterocycles. The van der Waals surface area contributed by atoms with Crippen molar-refractivity contribution < 1.29 is 4.84 Å². The van der Waals surface area contributed by atoms with Crippen LogP contribution in [-0.2, 0) is 11.3 Å². The SMILES string of the molecule is CC(C)c1nc2cc(CCON)ccc2s1. The van der Waals surface area contributed by atoms with Gasteiger partial charge in [0, 0.05) is 5.92 Å². The highest BCUT2D eigenvalue weighted by atomic mass is 32.1. The third kappa shape index (κ3) is 2.40. The molecule has 3 nitrogen and oxygen atoms in total. The Morgan fingerprint density at radius 3 is 2.94 bits per heavy atom. The zero-order valence-electron chi connectivity index (χ0n) is 9.56. The van der Waals surface area contributed by atoms with Crippen LogP contribution < -0.4 is 5.90 Å². The van der Waals surface area contributed by atoms with Crippen LogP contribution in [0.25, 0.3) is 10.2 Å². The van der Waals surface area contributed by atoms with Gasteiger partial charge < -0.3 is 4.84 Å². The molecule has 1 aromatic carbocycles. The molecule has 0 amide bonds. The van der Waals surface area contributed by atoms with Crippen LogP contribution in [0.2, 0.25) is 0 Å². The number of rotatable bonds is 4. The minimum Gasteiger partial charge on any atom is -0.304 e. The summed E-state index contributed by atoms with van der Waals surface area (Å²) in [7, 11) is 0. The second kappa shape index (κ2) is 4.91. The van der Waals surface area contributed by atoms with Crippen molar-refractivity contribution >= 4 is 21.6 Å². The Kier molecular flexibility index (Phi) is 3.53. The maximum atomic E-state index is 5.02. The predicted octanol–water partition coefficient (Wildman–Crippen LogP) is 2.85. The van der Waals surface area contributed by atoms with Gasteiger partial charge in [0.15, 0.2) is 0 Å². The molecular formula is C12H16N2OS. The Balaban J connectivity index is 2.30. The second-order valence-corrected chi connectivity index (χ2v) is 5.19. The van der Waals surface area contributed by atoms with Gasteiger partial charge in [-0.3, -0.25) is 0 Å². The molecule has 0 fully saturated rings. The number of nitrogens with zero attached hydrogens (tertiary/aromatic N) is 1. The first-order valence-corrected chi connectivity index (χ1v) is 6.23. The lowest BCUT2D eigenvalue weighted by atomic mass is 10.1. The van der Waals surface area contributed by atoms with Gasteiger partial charge in [0.2, 0.25) is 0 Å². The van der Waals surface area contributed by atoms with E-state index < -0.39 is 0 Å². The molecule has 0 bridgehead atoms. The summed E-state index contributed by atoms with van der Waals surface area (Å²) in [6, 6.07) is 6.37. The quantitative estimate of drug-likeness (QED) is 0.830. The Labute approximate surface area is 99.2 Å². The lowest BCUT2D eigenvalue weighted by Gasteiger charge is -1.98. The fourth-order valence-corrected chi connectivity index (χ4v) is 2.52. The van der Waals surface area contributed by atoms with Gasteiger partial charge >= 0.3 is 0 Å². The van der Waals surface area contributed by atoms with E-state index in [-0.39, 0.29) is 0 Å². The second-order valence-electron chi connectivity index (χ2n) is 4.13. The Morgan fingerprint density at radius 2 is 2.25 bits per heavy atom. The minimum absolute atomic E-state index is 0.494. The summed E-state index contributed by atoms with van der Waals surface area (Å²) < 4.78 is 1.25. The van der Waals surface area contributed by atoms with Crippen LogP contribution >= 0.6 is 11.3 Å². The van der Waals surface area contributed by atoms with Gasteiger partial charge in [-0.05, 0) is 24.1 Å². The molecule has 0 saturated carbocycles. The minimum atomic E-state index is 0.494. The molecule has 2 rings (SSSR count). The third-order valence-electron chi connectivity index (χ3n) is 2.47. The van der Waals surface area contributed by atoms with Crippen LogP contribution in [0.15, 0.2) is 18.2 Å². The fourth-order valence-electron chi connectivity index (χ4n) is 1.57.